The summed E-state index contributed by atoms with van der Waals surface area (Å²) in [5.74, 6) is -1.65. The Hall–Kier alpha value is -0.750. The minimum absolute atomic E-state index is 0.445. The number of rotatable bonds is 2. The van der Waals surface area contributed by atoms with Gasteiger partial charge in [0.25, 0.3) is 0 Å². The van der Waals surface area contributed by atoms with E-state index in [0.29, 0.717) is 0 Å². The van der Waals surface area contributed by atoms with Gasteiger partial charge in [-0.05, 0) is 34.6 Å². The zero-order chi connectivity index (χ0) is 13.4. The monoisotopic (exact) mass is 260 g/mol. The van der Waals surface area contributed by atoms with E-state index in [1.165, 1.54) is 11.8 Å². The maximum atomic E-state index is 11.8. The summed E-state index contributed by atoms with van der Waals surface area (Å²) in [5, 5.41) is 13.0. The molecule has 2 atom stereocenters. The number of nitrogens with one attached hydrogen (secondary N) is 1. The lowest BCUT2D eigenvalue weighted by molar-refractivity contribution is -0.308. The first-order chi connectivity index (χ1) is 7.53. The first-order valence-corrected chi connectivity index (χ1v) is 6.28. The third-order valence-corrected chi connectivity index (χ3v) is 3.70. The van der Waals surface area contributed by atoms with Crippen LogP contribution < -0.4 is 10.4 Å². The van der Waals surface area contributed by atoms with Crippen LogP contribution in [0.5, 0.6) is 0 Å². The fourth-order valence-corrected chi connectivity index (χ4v) is 2.84. The number of carbonyl (C=O) groups is 2. The zero-order valence-electron chi connectivity index (χ0n) is 10.7. The van der Waals surface area contributed by atoms with Gasteiger partial charge in [-0.2, -0.15) is 0 Å². The van der Waals surface area contributed by atoms with E-state index in [0.717, 1.165) is 0 Å². The molecule has 17 heavy (non-hydrogen) atoms. The van der Waals surface area contributed by atoms with E-state index in [4.69, 9.17) is 4.74 Å². The highest BCUT2D eigenvalue weighted by atomic mass is 32.2. The topological polar surface area (TPSA) is 78.5 Å². The fourth-order valence-electron chi connectivity index (χ4n) is 1.58. The molecule has 0 aromatic rings. The molecule has 1 aliphatic rings. The van der Waals surface area contributed by atoms with Gasteiger partial charge in [0.05, 0.1) is 12.0 Å². The minimum Gasteiger partial charge on any atom is -0.548 e. The summed E-state index contributed by atoms with van der Waals surface area (Å²) in [6.45, 7) is 8.83. The normalized spacial score (nSPS) is 27.8. The van der Waals surface area contributed by atoms with Gasteiger partial charge in [-0.1, -0.05) is 0 Å². The summed E-state index contributed by atoms with van der Waals surface area (Å²) >= 11 is 1.25. The zero-order valence-corrected chi connectivity index (χ0v) is 11.5. The van der Waals surface area contributed by atoms with E-state index < -0.39 is 33.7 Å². The number of esters is 1. The molecule has 1 rings (SSSR count). The van der Waals surface area contributed by atoms with Crippen molar-refractivity contribution in [3.63, 3.8) is 0 Å². The van der Waals surface area contributed by atoms with Crippen LogP contribution in [-0.2, 0) is 14.3 Å². The molecule has 6 heteroatoms. The van der Waals surface area contributed by atoms with Gasteiger partial charge in [-0.3, -0.25) is 5.32 Å². The van der Waals surface area contributed by atoms with Gasteiger partial charge >= 0.3 is 5.97 Å². The molecule has 0 amide bonds. The second-order valence-electron chi connectivity index (χ2n) is 5.55. The van der Waals surface area contributed by atoms with Crippen LogP contribution in [0.15, 0.2) is 0 Å². The molecule has 1 saturated heterocycles. The summed E-state index contributed by atoms with van der Waals surface area (Å²) in [6.07, 6.45) is 0. The van der Waals surface area contributed by atoms with Crippen molar-refractivity contribution in [2.24, 2.45) is 0 Å². The first kappa shape index (κ1) is 14.3. The molecule has 1 fully saturated rings. The molecule has 1 heterocycles. The number of aliphatic carboxylic acids is 1. The molecule has 0 unspecified atom stereocenters. The summed E-state index contributed by atoms with van der Waals surface area (Å²) in [6, 6.07) is -0.856. The van der Waals surface area contributed by atoms with Crippen LogP contribution in [0.2, 0.25) is 0 Å². The molecule has 1 N–H and O–H groups in total. The Morgan fingerprint density at radius 3 is 2.24 bits per heavy atom. The van der Waals surface area contributed by atoms with E-state index in [9.17, 15) is 14.7 Å². The molecule has 98 valence electrons. The standard InChI is InChI=1S/C11H19NO4S/c1-10(2,3)16-9(15)7-12-6(8(13)14)11(4,5)17-7/h6-7,12H,1-5H3,(H,13,14)/p-1/t6-,7+/m1/s1. The van der Waals surface area contributed by atoms with Gasteiger partial charge in [0.15, 0.2) is 5.37 Å². The van der Waals surface area contributed by atoms with Crippen molar-refractivity contribution in [3.8, 4) is 0 Å². The summed E-state index contributed by atoms with van der Waals surface area (Å²) in [4.78, 5) is 22.7. The van der Waals surface area contributed by atoms with Gasteiger partial charge in [0, 0.05) is 4.75 Å². The number of hydrogen-bond donors (Lipinski definition) is 1. The summed E-state index contributed by atoms with van der Waals surface area (Å²) < 4.78 is 4.61. The predicted octanol–water partition coefficient (Wildman–Crippen LogP) is -0.112. The van der Waals surface area contributed by atoms with Crippen LogP contribution in [0.3, 0.4) is 0 Å². The van der Waals surface area contributed by atoms with E-state index >= 15 is 0 Å². The summed E-state index contributed by atoms with van der Waals surface area (Å²) in [7, 11) is 0. The van der Waals surface area contributed by atoms with Crippen LogP contribution in [0.4, 0.5) is 0 Å². The van der Waals surface area contributed by atoms with E-state index in [1.54, 1.807) is 34.6 Å². The van der Waals surface area contributed by atoms with Gasteiger partial charge in [-0.15, -0.1) is 11.8 Å². The second-order valence-corrected chi connectivity index (χ2v) is 7.31. The molecule has 0 aromatic heterocycles. The molecule has 0 aliphatic carbocycles. The lowest BCUT2D eigenvalue weighted by atomic mass is 10.0. The minimum atomic E-state index is -1.20. The number of ether oxygens (including phenoxy) is 1. The van der Waals surface area contributed by atoms with Crippen LogP contribution in [0, 0.1) is 0 Å². The molecular formula is C11H18NO4S-. The molecule has 1 aliphatic heterocycles. The fraction of sp³-hybridized carbons (Fsp3) is 0.818. The number of carboxylic acid groups (broad SMARTS) is 1. The number of hydrogen-bond acceptors (Lipinski definition) is 6. The van der Waals surface area contributed by atoms with Crippen molar-refractivity contribution in [1.29, 1.82) is 0 Å². The van der Waals surface area contributed by atoms with Gasteiger partial charge in [-0.25, -0.2) is 4.79 Å². The molecule has 5 nitrogen and oxygen atoms in total. The van der Waals surface area contributed by atoms with Crippen molar-refractivity contribution in [3.05, 3.63) is 0 Å². The Morgan fingerprint density at radius 1 is 1.35 bits per heavy atom. The Labute approximate surface area is 105 Å². The van der Waals surface area contributed by atoms with Crippen molar-refractivity contribution in [2.75, 3.05) is 0 Å². The molecule has 0 radical (unpaired) electrons. The maximum absolute atomic E-state index is 11.8. The first-order valence-electron chi connectivity index (χ1n) is 5.40. The second kappa shape index (κ2) is 4.49. The highest BCUT2D eigenvalue weighted by Gasteiger charge is 2.45. The Morgan fingerprint density at radius 2 is 1.88 bits per heavy atom. The Balaban J connectivity index is 2.72. The average molecular weight is 260 g/mol. The lowest BCUT2D eigenvalue weighted by Gasteiger charge is -2.25. The summed E-state index contributed by atoms with van der Waals surface area (Å²) in [5.41, 5.74) is -0.580. The average Bonchev–Trinajstić information content (AvgIpc) is 2.38. The number of carbonyl (C=O) groups excluding carboxylic acids is 2. The van der Waals surface area contributed by atoms with Gasteiger partial charge < -0.3 is 14.6 Å². The molecular weight excluding hydrogens is 242 g/mol. The molecule has 0 saturated carbocycles. The smallest absolute Gasteiger partial charge is 0.334 e. The van der Waals surface area contributed by atoms with Crippen molar-refractivity contribution in [2.45, 2.75) is 56.4 Å². The van der Waals surface area contributed by atoms with Crippen LogP contribution in [0.1, 0.15) is 34.6 Å². The van der Waals surface area contributed by atoms with E-state index in [2.05, 4.69) is 5.32 Å². The third-order valence-electron chi connectivity index (χ3n) is 2.29. The Kier molecular flexibility index (Phi) is 3.78. The molecule has 0 spiro atoms. The van der Waals surface area contributed by atoms with Crippen LogP contribution in [0.25, 0.3) is 0 Å². The van der Waals surface area contributed by atoms with Gasteiger partial charge in [0.2, 0.25) is 0 Å². The SMILES string of the molecule is CC(C)(C)OC(=O)[C@H]1N[C@H](C(=O)[O-])C(C)(C)S1. The number of carboxylic acids is 1. The molecule has 0 bridgehead atoms. The highest BCUT2D eigenvalue weighted by molar-refractivity contribution is 8.02. The van der Waals surface area contributed by atoms with E-state index in [-0.39, 0.29) is 0 Å². The predicted molar refractivity (Wildman–Crippen MR) is 63.2 cm³/mol. The van der Waals surface area contributed by atoms with E-state index in [1.807, 2.05) is 0 Å². The Bertz CT molecular complexity index is 335. The highest BCUT2D eigenvalue weighted by Crippen LogP contribution is 2.38. The van der Waals surface area contributed by atoms with Gasteiger partial charge in [0.1, 0.15) is 5.60 Å². The molecule has 0 aromatic carbocycles. The lowest BCUT2D eigenvalue weighted by Crippen LogP contribution is -2.52. The number of thioether (sulfide) groups is 1. The third kappa shape index (κ3) is 3.61. The van der Waals surface area contributed by atoms with Crippen molar-refractivity contribution in [1.82, 2.24) is 5.32 Å². The quantitative estimate of drug-likeness (QED) is 0.698. The largest absolute Gasteiger partial charge is 0.548 e. The van der Waals surface area contributed by atoms with Crippen LogP contribution >= 0.6 is 11.8 Å². The maximum Gasteiger partial charge on any atom is 0.334 e. The van der Waals surface area contributed by atoms with Crippen molar-refractivity contribution >= 4 is 23.7 Å². The van der Waals surface area contributed by atoms with Crippen LogP contribution in [-0.4, -0.2) is 33.7 Å². The van der Waals surface area contributed by atoms with Crippen molar-refractivity contribution < 1.29 is 19.4 Å².